The standard InChI is InChI=1S/C15H19BN4O2/c1-14(2)15(3,4)22-16(21-14)11-9-19-13(20-12(11)17)10-6-5-7-18-8-10/h5-9H,1-4H3,(H2,17,19,20). The Morgan fingerprint density at radius 2 is 1.77 bits per heavy atom. The van der Waals surface area contributed by atoms with Crippen molar-refractivity contribution in [1.29, 1.82) is 0 Å². The smallest absolute Gasteiger partial charge is 0.399 e. The van der Waals surface area contributed by atoms with E-state index in [4.69, 9.17) is 15.0 Å². The Balaban J connectivity index is 1.91. The molecule has 0 aliphatic carbocycles. The number of nitrogens with zero attached hydrogens (tertiary/aromatic N) is 3. The molecule has 7 heteroatoms. The summed E-state index contributed by atoms with van der Waals surface area (Å²) >= 11 is 0. The molecule has 0 aromatic carbocycles. The van der Waals surface area contributed by atoms with E-state index in [2.05, 4.69) is 15.0 Å². The molecule has 3 heterocycles. The summed E-state index contributed by atoms with van der Waals surface area (Å²) in [7, 11) is -0.562. The van der Waals surface area contributed by atoms with Crippen LogP contribution in [0.25, 0.3) is 11.4 Å². The van der Waals surface area contributed by atoms with E-state index >= 15 is 0 Å². The molecular weight excluding hydrogens is 279 g/mol. The summed E-state index contributed by atoms with van der Waals surface area (Å²) in [6.45, 7) is 7.98. The fourth-order valence-electron chi connectivity index (χ4n) is 2.19. The molecule has 0 radical (unpaired) electrons. The van der Waals surface area contributed by atoms with Crippen molar-refractivity contribution < 1.29 is 9.31 Å². The van der Waals surface area contributed by atoms with Gasteiger partial charge in [0.2, 0.25) is 0 Å². The van der Waals surface area contributed by atoms with Crippen molar-refractivity contribution in [2.45, 2.75) is 38.9 Å². The summed E-state index contributed by atoms with van der Waals surface area (Å²) in [4.78, 5) is 12.8. The van der Waals surface area contributed by atoms with Crippen LogP contribution in [0.15, 0.2) is 30.7 Å². The van der Waals surface area contributed by atoms with Crippen molar-refractivity contribution in [2.24, 2.45) is 0 Å². The maximum Gasteiger partial charge on any atom is 0.500 e. The SMILES string of the molecule is CC1(C)OB(c2cnc(-c3cccnc3)nc2N)OC1(C)C. The zero-order valence-electron chi connectivity index (χ0n) is 13.2. The third-order valence-corrected chi connectivity index (χ3v) is 4.27. The van der Waals surface area contributed by atoms with Gasteiger partial charge >= 0.3 is 7.12 Å². The lowest BCUT2D eigenvalue weighted by molar-refractivity contribution is 0.00578. The number of hydrogen-bond donors (Lipinski definition) is 1. The van der Waals surface area contributed by atoms with Gasteiger partial charge in [0.15, 0.2) is 5.82 Å². The van der Waals surface area contributed by atoms with Crippen LogP contribution >= 0.6 is 0 Å². The lowest BCUT2D eigenvalue weighted by atomic mass is 9.80. The van der Waals surface area contributed by atoms with E-state index in [-0.39, 0.29) is 0 Å². The third-order valence-electron chi connectivity index (χ3n) is 4.27. The van der Waals surface area contributed by atoms with E-state index in [0.717, 1.165) is 5.56 Å². The first-order valence-electron chi connectivity index (χ1n) is 7.19. The number of nitrogens with two attached hydrogens (primary N) is 1. The zero-order chi connectivity index (χ0) is 16.0. The van der Waals surface area contributed by atoms with Crippen LogP contribution in [0.2, 0.25) is 0 Å². The topological polar surface area (TPSA) is 83.2 Å². The highest BCUT2D eigenvalue weighted by Crippen LogP contribution is 2.36. The zero-order valence-corrected chi connectivity index (χ0v) is 13.2. The molecule has 0 bridgehead atoms. The van der Waals surface area contributed by atoms with Crippen molar-refractivity contribution in [2.75, 3.05) is 5.73 Å². The molecule has 0 amide bonds. The van der Waals surface area contributed by atoms with E-state index in [1.165, 1.54) is 0 Å². The van der Waals surface area contributed by atoms with Crippen molar-refractivity contribution in [3.05, 3.63) is 30.7 Å². The van der Waals surface area contributed by atoms with Crippen LogP contribution in [0.3, 0.4) is 0 Å². The van der Waals surface area contributed by atoms with Gasteiger partial charge < -0.3 is 15.0 Å². The molecule has 22 heavy (non-hydrogen) atoms. The van der Waals surface area contributed by atoms with Gasteiger partial charge in [0, 0.05) is 29.6 Å². The second-order valence-corrected chi connectivity index (χ2v) is 6.36. The van der Waals surface area contributed by atoms with Crippen molar-refractivity contribution in [3.63, 3.8) is 0 Å². The average molecular weight is 298 g/mol. The molecule has 1 saturated heterocycles. The van der Waals surface area contributed by atoms with E-state index in [1.807, 2.05) is 39.8 Å². The maximum atomic E-state index is 6.08. The van der Waals surface area contributed by atoms with E-state index < -0.39 is 18.3 Å². The minimum absolute atomic E-state index is 0.354. The van der Waals surface area contributed by atoms with Gasteiger partial charge in [-0.25, -0.2) is 9.97 Å². The maximum absolute atomic E-state index is 6.08. The minimum atomic E-state index is -0.562. The van der Waals surface area contributed by atoms with Crippen LogP contribution in [0.5, 0.6) is 0 Å². The number of nitrogen functional groups attached to an aromatic ring is 1. The molecule has 0 saturated carbocycles. The predicted octanol–water partition coefficient (Wildman–Crippen LogP) is 1.42. The van der Waals surface area contributed by atoms with E-state index in [1.54, 1.807) is 18.6 Å². The van der Waals surface area contributed by atoms with Gasteiger partial charge in [-0.15, -0.1) is 0 Å². The fraction of sp³-hybridized carbons (Fsp3) is 0.400. The fourth-order valence-corrected chi connectivity index (χ4v) is 2.19. The van der Waals surface area contributed by atoms with Crippen molar-refractivity contribution >= 4 is 18.4 Å². The predicted molar refractivity (Wildman–Crippen MR) is 85.4 cm³/mol. The number of pyridine rings is 1. The summed E-state index contributed by atoms with van der Waals surface area (Å²) in [5.41, 5.74) is 6.69. The molecule has 6 nitrogen and oxygen atoms in total. The summed E-state index contributed by atoms with van der Waals surface area (Å²) in [5, 5.41) is 0. The van der Waals surface area contributed by atoms with Gasteiger partial charge in [-0.2, -0.15) is 0 Å². The monoisotopic (exact) mass is 298 g/mol. The molecule has 0 atom stereocenters. The Hall–Kier alpha value is -1.99. The van der Waals surface area contributed by atoms with Crippen LogP contribution in [0, 0.1) is 0 Å². The Kier molecular flexibility index (Phi) is 3.42. The van der Waals surface area contributed by atoms with Crippen molar-refractivity contribution in [1.82, 2.24) is 15.0 Å². The highest BCUT2D eigenvalue weighted by atomic mass is 16.7. The van der Waals surface area contributed by atoms with Gasteiger partial charge in [-0.1, -0.05) is 0 Å². The second-order valence-electron chi connectivity index (χ2n) is 6.36. The molecule has 0 spiro atoms. The van der Waals surface area contributed by atoms with Gasteiger partial charge in [0.1, 0.15) is 5.82 Å². The van der Waals surface area contributed by atoms with Crippen LogP contribution in [-0.2, 0) is 9.31 Å². The quantitative estimate of drug-likeness (QED) is 0.844. The van der Waals surface area contributed by atoms with Gasteiger partial charge in [0.25, 0.3) is 0 Å². The van der Waals surface area contributed by atoms with E-state index in [0.29, 0.717) is 17.1 Å². The third kappa shape index (κ3) is 2.46. The van der Waals surface area contributed by atoms with Crippen molar-refractivity contribution in [3.8, 4) is 11.4 Å². The lowest BCUT2D eigenvalue weighted by Gasteiger charge is -2.32. The van der Waals surface area contributed by atoms with Crippen LogP contribution in [0.1, 0.15) is 27.7 Å². The highest BCUT2D eigenvalue weighted by molar-refractivity contribution is 6.63. The van der Waals surface area contributed by atoms with E-state index in [9.17, 15) is 0 Å². The Morgan fingerprint density at radius 1 is 1.09 bits per heavy atom. The Bertz CT molecular complexity index is 675. The first-order chi connectivity index (χ1) is 10.3. The largest absolute Gasteiger partial charge is 0.500 e. The van der Waals surface area contributed by atoms with Gasteiger partial charge in [-0.3, -0.25) is 4.98 Å². The number of aromatic nitrogens is 3. The number of rotatable bonds is 2. The molecule has 114 valence electrons. The normalized spacial score (nSPS) is 19.4. The molecule has 2 N–H and O–H groups in total. The first-order valence-corrected chi connectivity index (χ1v) is 7.19. The lowest BCUT2D eigenvalue weighted by Crippen LogP contribution is -2.41. The molecule has 2 aromatic rings. The summed E-state index contributed by atoms with van der Waals surface area (Å²) in [5.74, 6) is 0.887. The molecular formula is C15H19BN4O2. The molecule has 2 aromatic heterocycles. The average Bonchev–Trinajstić information content (AvgIpc) is 2.68. The van der Waals surface area contributed by atoms with Crippen LogP contribution < -0.4 is 11.2 Å². The van der Waals surface area contributed by atoms with Crippen LogP contribution in [0.4, 0.5) is 5.82 Å². The Morgan fingerprint density at radius 3 is 2.32 bits per heavy atom. The highest BCUT2D eigenvalue weighted by Gasteiger charge is 2.52. The number of anilines is 1. The van der Waals surface area contributed by atoms with Crippen LogP contribution in [-0.4, -0.2) is 33.3 Å². The summed E-state index contributed by atoms with van der Waals surface area (Å²) < 4.78 is 12.0. The molecule has 1 aliphatic rings. The molecule has 3 rings (SSSR count). The summed E-state index contributed by atoms with van der Waals surface area (Å²) in [6, 6.07) is 3.72. The second kappa shape index (κ2) is 5.03. The van der Waals surface area contributed by atoms with Gasteiger partial charge in [-0.05, 0) is 39.8 Å². The summed E-state index contributed by atoms with van der Waals surface area (Å²) in [6.07, 6.45) is 5.06. The van der Waals surface area contributed by atoms with Gasteiger partial charge in [0.05, 0.1) is 11.2 Å². The molecule has 1 aliphatic heterocycles. The number of hydrogen-bond acceptors (Lipinski definition) is 6. The molecule has 1 fully saturated rings. The minimum Gasteiger partial charge on any atom is -0.399 e. The molecule has 0 unspecified atom stereocenters. The Labute approximate surface area is 130 Å². The first kappa shape index (κ1) is 14.9.